The third kappa shape index (κ3) is 5.33. The van der Waals surface area contributed by atoms with Gasteiger partial charge in [0.2, 0.25) is 11.8 Å². The molecule has 2 amide bonds. The van der Waals surface area contributed by atoms with Gasteiger partial charge in [-0.25, -0.2) is 4.98 Å². The van der Waals surface area contributed by atoms with Gasteiger partial charge in [0.1, 0.15) is 11.6 Å². The molecule has 6 nitrogen and oxygen atoms in total. The van der Waals surface area contributed by atoms with Crippen LogP contribution in [0.25, 0.3) is 10.8 Å². The number of carbonyl (C=O) groups excluding carboxylic acids is 2. The van der Waals surface area contributed by atoms with Crippen molar-refractivity contribution in [2.75, 3.05) is 25.0 Å². The van der Waals surface area contributed by atoms with Crippen LogP contribution >= 0.6 is 11.6 Å². The molecule has 1 aliphatic heterocycles. The number of rotatable bonds is 6. The summed E-state index contributed by atoms with van der Waals surface area (Å²) in [4.78, 5) is 31.2. The number of nitrogens with zero attached hydrogens (tertiary/aromatic N) is 2. The molecular formula is C24H24ClN3O3. The maximum absolute atomic E-state index is 12.7. The molecule has 0 spiro atoms. The normalized spacial score (nSPS) is 16.2. The van der Waals surface area contributed by atoms with E-state index in [2.05, 4.69) is 10.3 Å². The number of hydrogen-bond donors (Lipinski definition) is 1. The number of halogens is 1. The van der Waals surface area contributed by atoms with E-state index in [4.69, 9.17) is 16.3 Å². The summed E-state index contributed by atoms with van der Waals surface area (Å²) in [5.74, 6) is 0.856. The van der Waals surface area contributed by atoms with Crippen LogP contribution in [0.2, 0.25) is 5.02 Å². The number of benzene rings is 2. The van der Waals surface area contributed by atoms with Gasteiger partial charge in [0, 0.05) is 24.7 Å². The van der Waals surface area contributed by atoms with Gasteiger partial charge < -0.3 is 15.0 Å². The molecule has 0 saturated carbocycles. The Balaban J connectivity index is 1.29. The Morgan fingerprint density at radius 2 is 1.97 bits per heavy atom. The van der Waals surface area contributed by atoms with Crippen LogP contribution in [0.5, 0.6) is 5.75 Å². The van der Waals surface area contributed by atoms with Crippen LogP contribution in [0.3, 0.4) is 0 Å². The third-order valence-electron chi connectivity index (χ3n) is 5.45. The minimum absolute atomic E-state index is 0.00218. The first-order chi connectivity index (χ1) is 15.1. The fraction of sp³-hybridized carbons (Fsp3) is 0.292. The molecule has 4 rings (SSSR count). The van der Waals surface area contributed by atoms with Crippen molar-refractivity contribution >= 4 is 40.0 Å². The minimum Gasteiger partial charge on any atom is -0.492 e. The summed E-state index contributed by atoms with van der Waals surface area (Å²) in [5, 5.41) is 5.45. The number of aromatic nitrogens is 1. The largest absolute Gasteiger partial charge is 0.492 e. The number of pyridine rings is 1. The van der Waals surface area contributed by atoms with Crippen LogP contribution in [0.1, 0.15) is 19.3 Å². The summed E-state index contributed by atoms with van der Waals surface area (Å²) >= 11 is 5.83. The molecule has 0 radical (unpaired) electrons. The first kappa shape index (κ1) is 21.1. The number of fused-ring (bicyclic) bond motifs is 1. The van der Waals surface area contributed by atoms with Crippen molar-refractivity contribution in [3.8, 4) is 5.75 Å². The quantitative estimate of drug-likeness (QED) is 0.614. The topological polar surface area (TPSA) is 71.5 Å². The zero-order chi connectivity index (χ0) is 21.6. The summed E-state index contributed by atoms with van der Waals surface area (Å²) in [5.41, 5.74) is 0. The van der Waals surface area contributed by atoms with Gasteiger partial charge in [-0.15, -0.1) is 0 Å². The van der Waals surface area contributed by atoms with E-state index in [-0.39, 0.29) is 24.2 Å². The average molecular weight is 438 g/mol. The van der Waals surface area contributed by atoms with Crippen LogP contribution < -0.4 is 10.1 Å². The predicted molar refractivity (Wildman–Crippen MR) is 121 cm³/mol. The Bertz CT molecular complexity index is 1070. The molecule has 1 saturated heterocycles. The third-order valence-corrected chi connectivity index (χ3v) is 5.67. The van der Waals surface area contributed by atoms with Crippen molar-refractivity contribution in [2.45, 2.75) is 19.3 Å². The lowest BCUT2D eigenvalue weighted by molar-refractivity contribution is -0.135. The van der Waals surface area contributed by atoms with Crippen molar-refractivity contribution in [1.29, 1.82) is 0 Å². The van der Waals surface area contributed by atoms with Gasteiger partial charge in [0.15, 0.2) is 0 Å². The number of hydrogen-bond acceptors (Lipinski definition) is 4. The van der Waals surface area contributed by atoms with Crippen molar-refractivity contribution in [2.24, 2.45) is 5.92 Å². The SMILES string of the molecule is O=C(Nc1ccc(Cl)cn1)[C@H]1CCCN(C(=O)CCOc2cccc3ccccc23)C1. The highest BCUT2D eigenvalue weighted by molar-refractivity contribution is 6.30. The van der Waals surface area contributed by atoms with Crippen molar-refractivity contribution in [1.82, 2.24) is 9.88 Å². The van der Waals surface area contributed by atoms with Gasteiger partial charge in [0.25, 0.3) is 0 Å². The maximum Gasteiger partial charge on any atom is 0.230 e. The lowest BCUT2D eigenvalue weighted by Gasteiger charge is -2.32. The molecule has 0 bridgehead atoms. The van der Waals surface area contributed by atoms with Gasteiger partial charge in [-0.1, -0.05) is 48.0 Å². The first-order valence-electron chi connectivity index (χ1n) is 10.4. The smallest absolute Gasteiger partial charge is 0.230 e. The highest BCUT2D eigenvalue weighted by Crippen LogP contribution is 2.25. The van der Waals surface area contributed by atoms with E-state index in [1.54, 1.807) is 17.0 Å². The molecule has 1 N–H and O–H groups in total. The summed E-state index contributed by atoms with van der Waals surface area (Å²) in [6.45, 7) is 1.37. The fourth-order valence-corrected chi connectivity index (χ4v) is 3.94. The number of anilines is 1. The first-order valence-corrected chi connectivity index (χ1v) is 10.8. The number of likely N-dealkylation sites (tertiary alicyclic amines) is 1. The van der Waals surface area contributed by atoms with Crippen LogP contribution in [-0.4, -0.2) is 41.4 Å². The van der Waals surface area contributed by atoms with Crippen LogP contribution in [0, 0.1) is 5.92 Å². The lowest BCUT2D eigenvalue weighted by Crippen LogP contribution is -2.44. The standard InChI is InChI=1S/C24H24ClN3O3/c25-19-10-11-22(26-15-19)27-24(30)18-7-4-13-28(16-18)23(29)12-14-31-21-9-3-6-17-5-1-2-8-20(17)21/h1-3,5-6,8-11,15,18H,4,7,12-14,16H2,(H,26,27,30)/t18-/m0/s1. The summed E-state index contributed by atoms with van der Waals surface area (Å²) in [7, 11) is 0. The second-order valence-corrected chi connectivity index (χ2v) is 8.04. The van der Waals surface area contributed by atoms with E-state index in [1.807, 2.05) is 42.5 Å². The second-order valence-electron chi connectivity index (χ2n) is 7.61. The number of carbonyl (C=O) groups is 2. The monoisotopic (exact) mass is 437 g/mol. The molecule has 2 aromatic carbocycles. The van der Waals surface area contributed by atoms with Gasteiger partial charge in [-0.2, -0.15) is 0 Å². The highest BCUT2D eigenvalue weighted by atomic mass is 35.5. The molecule has 7 heteroatoms. The molecule has 160 valence electrons. The Morgan fingerprint density at radius 1 is 1.13 bits per heavy atom. The van der Waals surface area contributed by atoms with Gasteiger partial charge >= 0.3 is 0 Å². The molecule has 1 atom stereocenters. The number of piperidine rings is 1. The van der Waals surface area contributed by atoms with E-state index in [0.717, 1.165) is 29.4 Å². The van der Waals surface area contributed by atoms with Gasteiger partial charge in [-0.05, 0) is 36.4 Å². The second kappa shape index (κ2) is 9.79. The predicted octanol–water partition coefficient (Wildman–Crippen LogP) is 4.53. The zero-order valence-corrected chi connectivity index (χ0v) is 17.8. The Kier molecular flexibility index (Phi) is 6.67. The molecule has 1 aliphatic rings. The summed E-state index contributed by atoms with van der Waals surface area (Å²) < 4.78 is 5.90. The lowest BCUT2D eigenvalue weighted by atomic mass is 9.97. The molecule has 31 heavy (non-hydrogen) atoms. The minimum atomic E-state index is -0.255. The summed E-state index contributed by atoms with van der Waals surface area (Å²) in [6.07, 6.45) is 3.30. The van der Waals surface area contributed by atoms with Gasteiger partial charge in [0.05, 0.1) is 24.0 Å². The van der Waals surface area contributed by atoms with E-state index in [1.165, 1.54) is 6.20 Å². The highest BCUT2D eigenvalue weighted by Gasteiger charge is 2.28. The van der Waals surface area contributed by atoms with Crippen LogP contribution in [0.4, 0.5) is 5.82 Å². The van der Waals surface area contributed by atoms with E-state index >= 15 is 0 Å². The van der Waals surface area contributed by atoms with E-state index in [9.17, 15) is 9.59 Å². The van der Waals surface area contributed by atoms with Crippen molar-refractivity contribution in [3.05, 3.63) is 65.8 Å². The molecule has 1 aromatic heterocycles. The fourth-order valence-electron chi connectivity index (χ4n) is 3.82. The average Bonchev–Trinajstić information content (AvgIpc) is 2.80. The van der Waals surface area contributed by atoms with Crippen molar-refractivity contribution < 1.29 is 14.3 Å². The molecule has 0 unspecified atom stereocenters. The molecule has 1 fully saturated rings. The van der Waals surface area contributed by atoms with Crippen molar-refractivity contribution in [3.63, 3.8) is 0 Å². The number of nitrogens with one attached hydrogen (secondary N) is 1. The van der Waals surface area contributed by atoms with Crippen LogP contribution in [-0.2, 0) is 9.59 Å². The number of ether oxygens (including phenoxy) is 1. The Morgan fingerprint density at radius 3 is 2.81 bits per heavy atom. The van der Waals surface area contributed by atoms with Crippen LogP contribution in [0.15, 0.2) is 60.8 Å². The number of amides is 2. The zero-order valence-electron chi connectivity index (χ0n) is 17.1. The molecule has 3 aromatic rings. The Hall–Kier alpha value is -3.12. The molecular weight excluding hydrogens is 414 g/mol. The van der Waals surface area contributed by atoms with E-state index in [0.29, 0.717) is 30.5 Å². The molecule has 2 heterocycles. The summed E-state index contributed by atoms with van der Waals surface area (Å²) in [6, 6.07) is 17.2. The molecule has 0 aliphatic carbocycles. The Labute approximate surface area is 186 Å². The maximum atomic E-state index is 12.7. The van der Waals surface area contributed by atoms with Gasteiger partial charge in [-0.3, -0.25) is 9.59 Å². The van der Waals surface area contributed by atoms with E-state index < -0.39 is 0 Å².